The zero-order valence-corrected chi connectivity index (χ0v) is 26.0. The van der Waals surface area contributed by atoms with Gasteiger partial charge in [0.05, 0.1) is 4.47 Å². The standard InChI is InChI=1S/C15H16FN3S.C9H12BrN3.C6H5FS.CH4/c16-13-6-2-3-7-14(13)20-12-10-17-15(18-11-12)19-8-4-1-5-9-19;10-8-6-11-9(12-7-8)13-4-2-1-3-5-13;7-5-3-1-2-4-6(5)8;/h2-3,6-7,10-11H,1,4-5,8-9H2;6-7H,1-5H2;1-4,8H;1H4. The number of anilines is 2. The summed E-state index contributed by atoms with van der Waals surface area (Å²) in [6.45, 7) is 4.25. The van der Waals surface area contributed by atoms with Gasteiger partial charge in [0.15, 0.2) is 0 Å². The molecule has 42 heavy (non-hydrogen) atoms. The average molecular weight is 676 g/mol. The van der Waals surface area contributed by atoms with Crippen LogP contribution < -0.4 is 9.80 Å². The molecule has 0 saturated carbocycles. The fraction of sp³-hybridized carbons (Fsp3) is 0.355. The van der Waals surface area contributed by atoms with E-state index in [-0.39, 0.29) is 19.1 Å². The largest absolute Gasteiger partial charge is 0.341 e. The molecule has 4 aromatic rings. The third-order valence-electron chi connectivity index (χ3n) is 6.42. The molecule has 2 aromatic heterocycles. The van der Waals surface area contributed by atoms with Gasteiger partial charge in [-0.3, -0.25) is 0 Å². The maximum atomic E-state index is 13.6. The summed E-state index contributed by atoms with van der Waals surface area (Å²) in [4.78, 5) is 23.6. The summed E-state index contributed by atoms with van der Waals surface area (Å²) in [5.74, 6) is 1.17. The molecule has 2 aromatic carbocycles. The molecule has 0 unspecified atom stereocenters. The molecular formula is C31H37BrF2N6S2. The maximum absolute atomic E-state index is 13.6. The van der Waals surface area contributed by atoms with Gasteiger partial charge in [-0.25, -0.2) is 28.7 Å². The van der Waals surface area contributed by atoms with Gasteiger partial charge in [0.2, 0.25) is 11.9 Å². The van der Waals surface area contributed by atoms with Crippen molar-refractivity contribution in [3.63, 3.8) is 0 Å². The second kappa shape index (κ2) is 18.0. The van der Waals surface area contributed by atoms with E-state index < -0.39 is 0 Å². The van der Waals surface area contributed by atoms with Crippen molar-refractivity contribution < 1.29 is 8.78 Å². The van der Waals surface area contributed by atoms with Crippen molar-refractivity contribution in [2.45, 2.75) is 60.6 Å². The summed E-state index contributed by atoms with van der Waals surface area (Å²) in [5, 5.41) is 0. The van der Waals surface area contributed by atoms with E-state index in [2.05, 4.69) is 58.3 Å². The molecule has 6 nitrogen and oxygen atoms in total. The van der Waals surface area contributed by atoms with Gasteiger partial charge in [0.1, 0.15) is 11.6 Å². The van der Waals surface area contributed by atoms with E-state index in [1.807, 2.05) is 6.07 Å². The summed E-state index contributed by atoms with van der Waals surface area (Å²) in [6.07, 6.45) is 14.7. The Balaban J connectivity index is 0.000000189. The third kappa shape index (κ3) is 10.8. The van der Waals surface area contributed by atoms with Gasteiger partial charge >= 0.3 is 0 Å². The number of aromatic nitrogens is 4. The van der Waals surface area contributed by atoms with Crippen molar-refractivity contribution in [1.29, 1.82) is 0 Å². The van der Waals surface area contributed by atoms with Gasteiger partial charge in [-0.05, 0) is 78.7 Å². The van der Waals surface area contributed by atoms with Crippen molar-refractivity contribution in [3.05, 3.63) is 89.4 Å². The Morgan fingerprint density at radius 2 is 1.10 bits per heavy atom. The van der Waals surface area contributed by atoms with Gasteiger partial charge < -0.3 is 9.80 Å². The van der Waals surface area contributed by atoms with E-state index in [4.69, 9.17) is 0 Å². The van der Waals surface area contributed by atoms with Gasteiger partial charge in [-0.15, -0.1) is 12.6 Å². The third-order valence-corrected chi connectivity index (χ3v) is 8.19. The van der Waals surface area contributed by atoms with E-state index in [1.165, 1.54) is 62.4 Å². The molecule has 224 valence electrons. The van der Waals surface area contributed by atoms with E-state index in [0.29, 0.717) is 9.79 Å². The van der Waals surface area contributed by atoms with Crippen LogP contribution >= 0.6 is 40.3 Å². The van der Waals surface area contributed by atoms with Crippen LogP contribution in [0.1, 0.15) is 46.0 Å². The average Bonchev–Trinajstić information content (AvgIpc) is 3.02. The van der Waals surface area contributed by atoms with Crippen LogP contribution in [0.2, 0.25) is 0 Å². The van der Waals surface area contributed by atoms with Crippen LogP contribution in [-0.2, 0) is 0 Å². The van der Waals surface area contributed by atoms with Gasteiger partial charge in [0, 0.05) is 65.7 Å². The molecule has 4 heterocycles. The topological polar surface area (TPSA) is 58.0 Å². The summed E-state index contributed by atoms with van der Waals surface area (Å²) >= 11 is 8.50. The number of thiol groups is 1. The first-order valence-corrected chi connectivity index (χ1v) is 15.7. The highest BCUT2D eigenvalue weighted by atomic mass is 79.9. The smallest absolute Gasteiger partial charge is 0.225 e. The van der Waals surface area contributed by atoms with Crippen LogP contribution in [0.4, 0.5) is 20.7 Å². The number of halogens is 3. The lowest BCUT2D eigenvalue weighted by molar-refractivity contribution is 0.567. The Hall–Kier alpha value is -2.76. The molecule has 6 rings (SSSR count). The Bertz CT molecular complexity index is 1320. The van der Waals surface area contributed by atoms with Crippen molar-refractivity contribution >= 4 is 52.2 Å². The minimum Gasteiger partial charge on any atom is -0.341 e. The zero-order chi connectivity index (χ0) is 28.9. The Morgan fingerprint density at radius 3 is 1.55 bits per heavy atom. The van der Waals surface area contributed by atoms with Crippen LogP contribution in [0.15, 0.2) is 92.5 Å². The van der Waals surface area contributed by atoms with E-state index in [1.54, 1.807) is 55.1 Å². The molecule has 2 saturated heterocycles. The zero-order valence-electron chi connectivity index (χ0n) is 22.7. The van der Waals surface area contributed by atoms with Crippen molar-refractivity contribution in [3.8, 4) is 0 Å². The highest BCUT2D eigenvalue weighted by Crippen LogP contribution is 2.29. The molecular weight excluding hydrogens is 638 g/mol. The second-order valence-electron chi connectivity index (χ2n) is 9.50. The van der Waals surface area contributed by atoms with Crippen molar-refractivity contribution in [2.75, 3.05) is 36.0 Å². The summed E-state index contributed by atoms with van der Waals surface area (Å²) in [7, 11) is 0. The second-order valence-corrected chi connectivity index (χ2v) is 12.0. The molecule has 2 fully saturated rings. The first kappa shape index (κ1) is 33.7. The fourth-order valence-electron chi connectivity index (χ4n) is 4.29. The maximum Gasteiger partial charge on any atom is 0.225 e. The van der Waals surface area contributed by atoms with Gasteiger partial charge in [0.25, 0.3) is 0 Å². The van der Waals surface area contributed by atoms with E-state index in [0.717, 1.165) is 47.4 Å². The van der Waals surface area contributed by atoms with E-state index >= 15 is 0 Å². The highest BCUT2D eigenvalue weighted by molar-refractivity contribution is 9.10. The molecule has 0 amide bonds. The molecule has 11 heteroatoms. The SMILES string of the molecule is Brc1cnc(N2CCCCC2)nc1.C.Fc1ccccc1S.Fc1ccccc1Sc1cnc(N2CCCCC2)nc1. The summed E-state index contributed by atoms with van der Waals surface area (Å²) < 4.78 is 26.8. The van der Waals surface area contributed by atoms with Gasteiger partial charge in [-0.1, -0.05) is 43.5 Å². The number of hydrogen-bond donors (Lipinski definition) is 1. The number of rotatable bonds is 4. The Labute approximate surface area is 265 Å². The summed E-state index contributed by atoms with van der Waals surface area (Å²) in [6, 6.07) is 13.1. The molecule has 0 aliphatic carbocycles. The normalized spacial score (nSPS) is 14.5. The quantitative estimate of drug-likeness (QED) is 0.217. The molecule has 0 bridgehead atoms. The minimum absolute atomic E-state index is 0. The molecule has 0 spiro atoms. The minimum atomic E-state index is -0.268. The molecule has 0 N–H and O–H groups in total. The van der Waals surface area contributed by atoms with Gasteiger partial charge in [-0.2, -0.15) is 0 Å². The van der Waals surface area contributed by atoms with Crippen molar-refractivity contribution in [2.24, 2.45) is 0 Å². The number of benzene rings is 2. The molecule has 0 atom stereocenters. The van der Waals surface area contributed by atoms with E-state index in [9.17, 15) is 8.78 Å². The Kier molecular flexibility index (Phi) is 14.5. The number of nitrogens with zero attached hydrogens (tertiary/aromatic N) is 6. The van der Waals surface area contributed by atoms with Crippen molar-refractivity contribution in [1.82, 2.24) is 19.9 Å². The predicted octanol–water partition coefficient (Wildman–Crippen LogP) is 8.74. The lowest BCUT2D eigenvalue weighted by atomic mass is 10.1. The fourth-order valence-corrected chi connectivity index (χ4v) is 5.43. The van der Waals surface area contributed by atoms with Crippen LogP contribution in [-0.4, -0.2) is 46.1 Å². The molecule has 2 aliphatic heterocycles. The number of hydrogen-bond acceptors (Lipinski definition) is 8. The van der Waals surface area contributed by atoms with Crippen LogP contribution in [0.25, 0.3) is 0 Å². The summed E-state index contributed by atoms with van der Waals surface area (Å²) in [5.41, 5.74) is 0. The lowest BCUT2D eigenvalue weighted by Gasteiger charge is -2.26. The predicted molar refractivity (Wildman–Crippen MR) is 175 cm³/mol. The highest BCUT2D eigenvalue weighted by Gasteiger charge is 2.14. The van der Waals surface area contributed by atoms with Crippen LogP contribution in [0, 0.1) is 11.6 Å². The first-order valence-electron chi connectivity index (χ1n) is 13.6. The monoisotopic (exact) mass is 674 g/mol. The lowest BCUT2D eigenvalue weighted by Crippen LogP contribution is -2.30. The Morgan fingerprint density at radius 1 is 0.643 bits per heavy atom. The first-order chi connectivity index (χ1) is 20.0. The molecule has 0 radical (unpaired) electrons. The van der Waals surface area contributed by atoms with Crippen LogP contribution in [0.3, 0.4) is 0 Å². The molecule has 2 aliphatic rings. The number of piperidine rings is 2. The van der Waals surface area contributed by atoms with Crippen LogP contribution in [0.5, 0.6) is 0 Å².